The Balaban J connectivity index is 2.27. The van der Waals surface area contributed by atoms with E-state index in [9.17, 15) is 9.18 Å². The van der Waals surface area contributed by atoms with Crippen LogP contribution in [0.4, 0.5) is 4.39 Å². The summed E-state index contributed by atoms with van der Waals surface area (Å²) in [7, 11) is 0. The number of oxime groups is 1. The van der Waals surface area contributed by atoms with Gasteiger partial charge in [0.15, 0.2) is 0 Å². The smallest absolute Gasteiger partial charge is 0.317 e. The number of halogens is 2. The minimum atomic E-state index is -0.615. The highest BCUT2D eigenvalue weighted by Gasteiger charge is 2.17. The maximum Gasteiger partial charge on any atom is 0.349 e. The molecule has 0 N–H and O–H groups in total. The molecular weight excluding hydrogens is 265 g/mol. The topological polar surface area (TPSA) is 38.7 Å². The quantitative estimate of drug-likeness (QED) is 0.472. The summed E-state index contributed by atoms with van der Waals surface area (Å²) in [5.74, 6) is -0.366. The Hall–Kier alpha value is -1.07. The first kappa shape index (κ1) is 12.4. The lowest BCUT2D eigenvalue weighted by Gasteiger charge is -2.16. The minimum Gasteiger partial charge on any atom is -0.317 e. The zero-order chi connectivity index (χ0) is 12.3. The SMILES string of the molecule is O=C(CCl)ON=C1CCSc2ccc(F)cc21. The van der Waals surface area contributed by atoms with E-state index >= 15 is 0 Å². The van der Waals surface area contributed by atoms with E-state index < -0.39 is 5.97 Å². The molecule has 0 aromatic heterocycles. The van der Waals surface area contributed by atoms with Crippen molar-refractivity contribution < 1.29 is 14.0 Å². The number of hydrogen-bond acceptors (Lipinski definition) is 4. The summed E-state index contributed by atoms with van der Waals surface area (Å²) in [5.41, 5.74) is 1.26. The number of alkyl halides is 1. The third-order valence-corrected chi connectivity index (χ3v) is 3.51. The number of rotatable bonds is 2. The Morgan fingerprint density at radius 2 is 2.41 bits per heavy atom. The number of nitrogens with zero attached hydrogens (tertiary/aromatic N) is 1. The molecule has 1 aliphatic rings. The average Bonchev–Trinajstić information content (AvgIpc) is 2.35. The van der Waals surface area contributed by atoms with Gasteiger partial charge >= 0.3 is 5.97 Å². The fourth-order valence-electron chi connectivity index (χ4n) is 1.47. The lowest BCUT2D eigenvalue weighted by atomic mass is 10.1. The van der Waals surface area contributed by atoms with Crippen LogP contribution < -0.4 is 0 Å². The standard InChI is InChI=1S/C11H9ClFNO2S/c12-6-11(15)16-14-9-3-4-17-10-2-1-7(13)5-8(9)10/h1-2,5H,3-4,6H2. The van der Waals surface area contributed by atoms with Gasteiger partial charge in [0.05, 0.1) is 5.71 Å². The zero-order valence-corrected chi connectivity index (χ0v) is 10.4. The Morgan fingerprint density at radius 3 is 3.18 bits per heavy atom. The molecule has 0 aliphatic carbocycles. The molecule has 0 atom stereocenters. The molecule has 0 amide bonds. The molecule has 0 bridgehead atoms. The molecule has 17 heavy (non-hydrogen) atoms. The van der Waals surface area contributed by atoms with E-state index in [1.807, 2.05) is 0 Å². The molecule has 0 saturated carbocycles. The second kappa shape index (κ2) is 5.51. The summed E-state index contributed by atoms with van der Waals surface area (Å²) in [5, 5.41) is 3.74. The number of hydrogen-bond donors (Lipinski definition) is 0. The molecule has 0 radical (unpaired) electrons. The summed E-state index contributed by atoms with van der Waals surface area (Å²) in [6, 6.07) is 4.50. The molecule has 6 heteroatoms. The zero-order valence-electron chi connectivity index (χ0n) is 8.78. The van der Waals surface area contributed by atoms with Crippen LogP contribution in [0.1, 0.15) is 12.0 Å². The van der Waals surface area contributed by atoms with Crippen LogP contribution in [0.25, 0.3) is 0 Å². The van der Waals surface area contributed by atoms with Crippen molar-refractivity contribution in [3.05, 3.63) is 29.6 Å². The highest BCUT2D eigenvalue weighted by molar-refractivity contribution is 7.99. The second-order valence-corrected chi connectivity index (χ2v) is 4.78. The van der Waals surface area contributed by atoms with Gasteiger partial charge in [-0.3, -0.25) is 0 Å². The predicted octanol–water partition coefficient (Wildman–Crippen LogP) is 2.81. The van der Waals surface area contributed by atoms with Crippen molar-refractivity contribution in [2.45, 2.75) is 11.3 Å². The second-order valence-electron chi connectivity index (χ2n) is 3.37. The maximum absolute atomic E-state index is 13.1. The average molecular weight is 274 g/mol. The van der Waals surface area contributed by atoms with Crippen LogP contribution in [0.3, 0.4) is 0 Å². The third kappa shape index (κ3) is 2.98. The van der Waals surface area contributed by atoms with Gasteiger partial charge in [0.1, 0.15) is 11.7 Å². The summed E-state index contributed by atoms with van der Waals surface area (Å²) >= 11 is 6.91. The van der Waals surface area contributed by atoms with Crippen molar-refractivity contribution in [1.29, 1.82) is 0 Å². The predicted molar refractivity (Wildman–Crippen MR) is 65.1 cm³/mol. The minimum absolute atomic E-state index is 0.248. The van der Waals surface area contributed by atoms with Crippen LogP contribution in [0.2, 0.25) is 0 Å². The first-order valence-corrected chi connectivity index (χ1v) is 6.48. The molecule has 0 unspecified atom stereocenters. The van der Waals surface area contributed by atoms with Gasteiger partial charge < -0.3 is 4.84 Å². The van der Waals surface area contributed by atoms with Gasteiger partial charge in [0, 0.05) is 22.6 Å². The Bertz CT molecular complexity index is 479. The first-order chi connectivity index (χ1) is 8.20. The molecule has 0 fully saturated rings. The first-order valence-electron chi connectivity index (χ1n) is 4.96. The third-order valence-electron chi connectivity index (χ3n) is 2.22. The van der Waals surface area contributed by atoms with Gasteiger partial charge in [-0.2, -0.15) is 0 Å². The molecular formula is C11H9ClFNO2S. The molecule has 2 rings (SSSR count). The van der Waals surface area contributed by atoms with E-state index in [2.05, 4.69) is 9.99 Å². The van der Waals surface area contributed by atoms with Crippen molar-refractivity contribution in [1.82, 2.24) is 0 Å². The van der Waals surface area contributed by atoms with E-state index in [1.165, 1.54) is 12.1 Å². The van der Waals surface area contributed by atoms with E-state index in [4.69, 9.17) is 11.6 Å². The van der Waals surface area contributed by atoms with Gasteiger partial charge in [-0.15, -0.1) is 23.4 Å². The van der Waals surface area contributed by atoms with Crippen LogP contribution in [0, 0.1) is 5.82 Å². The van der Waals surface area contributed by atoms with Crippen molar-refractivity contribution in [2.75, 3.05) is 11.6 Å². The highest BCUT2D eigenvalue weighted by Crippen LogP contribution is 2.30. The molecule has 1 heterocycles. The number of carbonyl (C=O) groups excluding carboxylic acids is 1. The van der Waals surface area contributed by atoms with Crippen molar-refractivity contribution >= 4 is 35.0 Å². The van der Waals surface area contributed by atoms with E-state index in [-0.39, 0.29) is 11.7 Å². The fraction of sp³-hybridized carbons (Fsp3) is 0.273. The van der Waals surface area contributed by atoms with E-state index in [0.717, 1.165) is 10.6 Å². The van der Waals surface area contributed by atoms with Gasteiger partial charge in [-0.25, -0.2) is 9.18 Å². The van der Waals surface area contributed by atoms with Crippen LogP contribution >= 0.6 is 23.4 Å². The monoisotopic (exact) mass is 273 g/mol. The summed E-state index contributed by atoms with van der Waals surface area (Å²) in [6.07, 6.45) is 0.636. The van der Waals surface area contributed by atoms with Crippen LogP contribution in [-0.4, -0.2) is 23.3 Å². The lowest BCUT2D eigenvalue weighted by Crippen LogP contribution is -2.12. The lowest BCUT2D eigenvalue weighted by molar-refractivity contribution is -0.140. The molecule has 1 aromatic carbocycles. The normalized spacial score (nSPS) is 16.7. The Morgan fingerprint density at radius 1 is 1.59 bits per heavy atom. The molecule has 0 saturated heterocycles. The Labute approximate surface area is 107 Å². The molecule has 1 aromatic rings. The van der Waals surface area contributed by atoms with Crippen molar-refractivity contribution in [3.8, 4) is 0 Å². The molecule has 1 aliphatic heterocycles. The van der Waals surface area contributed by atoms with E-state index in [0.29, 0.717) is 17.7 Å². The number of thioether (sulfide) groups is 1. The van der Waals surface area contributed by atoms with E-state index in [1.54, 1.807) is 17.8 Å². The van der Waals surface area contributed by atoms with Crippen LogP contribution in [-0.2, 0) is 9.63 Å². The highest BCUT2D eigenvalue weighted by atomic mass is 35.5. The number of fused-ring (bicyclic) bond motifs is 1. The summed E-state index contributed by atoms with van der Waals surface area (Å²) in [4.78, 5) is 16.4. The molecule has 3 nitrogen and oxygen atoms in total. The number of benzene rings is 1. The largest absolute Gasteiger partial charge is 0.349 e. The number of carbonyl (C=O) groups is 1. The molecule has 0 spiro atoms. The van der Waals surface area contributed by atoms with Gasteiger partial charge in [0.25, 0.3) is 0 Å². The Kier molecular flexibility index (Phi) is 4.02. The van der Waals surface area contributed by atoms with Crippen molar-refractivity contribution in [3.63, 3.8) is 0 Å². The maximum atomic E-state index is 13.1. The summed E-state index contributed by atoms with van der Waals surface area (Å²) < 4.78 is 13.1. The summed E-state index contributed by atoms with van der Waals surface area (Å²) in [6.45, 7) is 0. The van der Waals surface area contributed by atoms with Crippen LogP contribution in [0.5, 0.6) is 0 Å². The fourth-order valence-corrected chi connectivity index (χ4v) is 2.53. The van der Waals surface area contributed by atoms with Gasteiger partial charge in [0.2, 0.25) is 0 Å². The van der Waals surface area contributed by atoms with Gasteiger partial charge in [-0.05, 0) is 18.2 Å². The van der Waals surface area contributed by atoms with Gasteiger partial charge in [-0.1, -0.05) is 5.16 Å². The van der Waals surface area contributed by atoms with Crippen LogP contribution in [0.15, 0.2) is 28.3 Å². The van der Waals surface area contributed by atoms with Crippen molar-refractivity contribution in [2.24, 2.45) is 5.16 Å². The molecule has 90 valence electrons.